The second-order valence-electron chi connectivity index (χ2n) is 4.37. The monoisotopic (exact) mass is 283 g/mol. The van der Waals surface area contributed by atoms with E-state index in [1.165, 1.54) is 7.05 Å². The van der Waals surface area contributed by atoms with Crippen molar-refractivity contribution in [3.63, 3.8) is 0 Å². The lowest BCUT2D eigenvalue weighted by atomic mass is 10.1. The fourth-order valence-electron chi connectivity index (χ4n) is 1.99. The summed E-state index contributed by atoms with van der Waals surface area (Å²) in [5.74, 6) is -0.294. The smallest absolute Gasteiger partial charge is 0.242 e. The largest absolute Gasteiger partial charge is 0.373 e. The fourth-order valence-corrected chi connectivity index (χ4v) is 2.56. The van der Waals surface area contributed by atoms with Crippen LogP contribution in [0.2, 0.25) is 0 Å². The predicted octanol–water partition coefficient (Wildman–Crippen LogP) is -0.311. The van der Waals surface area contributed by atoms with Gasteiger partial charge in [0.15, 0.2) is 0 Å². The van der Waals surface area contributed by atoms with Crippen LogP contribution >= 0.6 is 0 Å². The van der Waals surface area contributed by atoms with Gasteiger partial charge in [0, 0.05) is 18.7 Å². The van der Waals surface area contributed by atoms with Gasteiger partial charge in [-0.05, 0) is 18.7 Å². The molecule has 1 aliphatic rings. The summed E-state index contributed by atoms with van der Waals surface area (Å²) in [5, 5.41) is 5.75. The van der Waals surface area contributed by atoms with Crippen LogP contribution in [0.25, 0.3) is 0 Å². The van der Waals surface area contributed by atoms with Gasteiger partial charge in [-0.1, -0.05) is 18.2 Å². The zero-order chi connectivity index (χ0) is 13.9. The minimum Gasteiger partial charge on any atom is -0.373 e. The first kappa shape index (κ1) is 13.8. The quantitative estimate of drug-likeness (QED) is 0.692. The number of benzene rings is 1. The van der Waals surface area contributed by atoms with Crippen molar-refractivity contribution >= 4 is 21.6 Å². The lowest BCUT2D eigenvalue weighted by molar-refractivity contribution is -0.121. The first-order chi connectivity index (χ1) is 9.02. The molecule has 0 radical (unpaired) electrons. The normalized spacial score (nSPS) is 17.6. The van der Waals surface area contributed by atoms with Gasteiger partial charge in [-0.3, -0.25) is 4.79 Å². The lowest BCUT2D eigenvalue weighted by Crippen LogP contribution is -2.41. The summed E-state index contributed by atoms with van der Waals surface area (Å²) in [6.45, 7) is 0.108. The number of amides is 1. The maximum absolute atomic E-state index is 11.9. The zero-order valence-corrected chi connectivity index (χ0v) is 11.5. The molecule has 1 aromatic rings. The van der Waals surface area contributed by atoms with E-state index in [9.17, 15) is 13.2 Å². The van der Waals surface area contributed by atoms with Gasteiger partial charge in [0.2, 0.25) is 15.9 Å². The molecule has 0 saturated carbocycles. The molecular formula is C12H17N3O3S. The summed E-state index contributed by atoms with van der Waals surface area (Å²) in [5.41, 5.74) is 2.07. The number of nitrogens with one attached hydrogen (secondary N) is 3. The SMILES string of the molecule is CNS(=O)(=O)CCNC(=O)C1Cc2ccccc2N1. The van der Waals surface area contributed by atoms with Gasteiger partial charge >= 0.3 is 0 Å². The molecule has 7 heteroatoms. The van der Waals surface area contributed by atoms with Crippen LogP contribution in [0.1, 0.15) is 5.56 Å². The number of hydrogen-bond donors (Lipinski definition) is 3. The van der Waals surface area contributed by atoms with Crippen LogP contribution in [0, 0.1) is 0 Å². The van der Waals surface area contributed by atoms with Crippen molar-refractivity contribution < 1.29 is 13.2 Å². The molecule has 1 unspecified atom stereocenters. The Morgan fingerprint density at radius 3 is 2.84 bits per heavy atom. The number of rotatable bonds is 5. The molecule has 19 heavy (non-hydrogen) atoms. The number of para-hydroxylation sites is 1. The summed E-state index contributed by atoms with van der Waals surface area (Å²) in [6, 6.07) is 7.41. The van der Waals surface area contributed by atoms with E-state index in [4.69, 9.17) is 0 Å². The molecule has 0 bridgehead atoms. The van der Waals surface area contributed by atoms with E-state index in [1.807, 2.05) is 24.3 Å². The standard InChI is InChI=1S/C12H17N3O3S/c1-13-19(17,18)7-6-14-12(16)11-8-9-4-2-3-5-10(9)15-11/h2-5,11,13,15H,6-8H2,1H3,(H,14,16). The van der Waals surface area contributed by atoms with Crippen molar-refractivity contribution in [2.45, 2.75) is 12.5 Å². The van der Waals surface area contributed by atoms with Crippen molar-refractivity contribution in [3.8, 4) is 0 Å². The molecule has 0 aliphatic carbocycles. The van der Waals surface area contributed by atoms with E-state index in [-0.39, 0.29) is 24.2 Å². The Bertz CT molecular complexity index is 546. The number of fused-ring (bicyclic) bond motifs is 1. The van der Waals surface area contributed by atoms with E-state index in [0.717, 1.165) is 11.3 Å². The molecule has 1 heterocycles. The van der Waals surface area contributed by atoms with Gasteiger partial charge in [-0.25, -0.2) is 13.1 Å². The highest BCUT2D eigenvalue weighted by Gasteiger charge is 2.26. The average molecular weight is 283 g/mol. The molecule has 0 saturated heterocycles. The van der Waals surface area contributed by atoms with Gasteiger partial charge < -0.3 is 10.6 Å². The van der Waals surface area contributed by atoms with Crippen molar-refractivity contribution in [1.82, 2.24) is 10.0 Å². The van der Waals surface area contributed by atoms with Crippen LogP contribution in [0.5, 0.6) is 0 Å². The summed E-state index contributed by atoms with van der Waals surface area (Å²) < 4.78 is 24.6. The summed E-state index contributed by atoms with van der Waals surface area (Å²) in [7, 11) is -1.92. The Kier molecular flexibility index (Phi) is 4.06. The summed E-state index contributed by atoms with van der Waals surface area (Å²) >= 11 is 0. The lowest BCUT2D eigenvalue weighted by Gasteiger charge is -2.11. The zero-order valence-electron chi connectivity index (χ0n) is 10.6. The van der Waals surface area contributed by atoms with E-state index in [1.54, 1.807) is 0 Å². The number of carbonyl (C=O) groups is 1. The molecule has 1 amide bonds. The maximum Gasteiger partial charge on any atom is 0.242 e. The Morgan fingerprint density at radius 1 is 1.42 bits per heavy atom. The minimum atomic E-state index is -3.28. The first-order valence-electron chi connectivity index (χ1n) is 6.05. The topological polar surface area (TPSA) is 87.3 Å². The van der Waals surface area contributed by atoms with Crippen molar-refractivity contribution in [3.05, 3.63) is 29.8 Å². The highest BCUT2D eigenvalue weighted by atomic mass is 32.2. The summed E-state index contributed by atoms with van der Waals surface area (Å²) in [6.07, 6.45) is 0.626. The number of anilines is 1. The Hall–Kier alpha value is -1.60. The number of carbonyl (C=O) groups excluding carboxylic acids is 1. The van der Waals surface area contributed by atoms with E-state index < -0.39 is 10.0 Å². The molecule has 3 N–H and O–H groups in total. The average Bonchev–Trinajstić information content (AvgIpc) is 2.82. The molecule has 1 atom stereocenters. The third-order valence-corrected chi connectivity index (χ3v) is 4.43. The molecule has 0 aromatic heterocycles. The molecule has 104 valence electrons. The van der Waals surface area contributed by atoms with Crippen molar-refractivity contribution in [2.75, 3.05) is 24.7 Å². The van der Waals surface area contributed by atoms with E-state index >= 15 is 0 Å². The van der Waals surface area contributed by atoms with Crippen LogP contribution in [-0.2, 0) is 21.2 Å². The predicted molar refractivity (Wildman–Crippen MR) is 73.4 cm³/mol. The van der Waals surface area contributed by atoms with Crippen LogP contribution in [0.4, 0.5) is 5.69 Å². The van der Waals surface area contributed by atoms with Crippen LogP contribution in [0.3, 0.4) is 0 Å². The van der Waals surface area contributed by atoms with Gasteiger partial charge in [0.05, 0.1) is 5.75 Å². The van der Waals surface area contributed by atoms with Gasteiger partial charge in [-0.2, -0.15) is 0 Å². The fraction of sp³-hybridized carbons (Fsp3) is 0.417. The Labute approximate surface area is 112 Å². The maximum atomic E-state index is 11.9. The highest BCUT2D eigenvalue weighted by Crippen LogP contribution is 2.24. The van der Waals surface area contributed by atoms with Crippen LogP contribution < -0.4 is 15.4 Å². The highest BCUT2D eigenvalue weighted by molar-refractivity contribution is 7.89. The van der Waals surface area contributed by atoms with Crippen LogP contribution in [-0.4, -0.2) is 39.7 Å². The minimum absolute atomic E-state index is 0.108. The molecule has 6 nitrogen and oxygen atoms in total. The van der Waals surface area contributed by atoms with Crippen LogP contribution in [0.15, 0.2) is 24.3 Å². The first-order valence-corrected chi connectivity index (χ1v) is 7.70. The van der Waals surface area contributed by atoms with Crippen molar-refractivity contribution in [2.24, 2.45) is 0 Å². The second kappa shape index (κ2) is 5.58. The Morgan fingerprint density at radius 2 is 2.16 bits per heavy atom. The molecular weight excluding hydrogens is 266 g/mol. The molecule has 2 rings (SSSR count). The molecule has 1 aromatic carbocycles. The van der Waals surface area contributed by atoms with Gasteiger partial charge in [0.1, 0.15) is 6.04 Å². The third-order valence-electron chi connectivity index (χ3n) is 3.07. The van der Waals surface area contributed by atoms with E-state index in [0.29, 0.717) is 6.42 Å². The van der Waals surface area contributed by atoms with Gasteiger partial charge in [-0.15, -0.1) is 0 Å². The number of hydrogen-bond acceptors (Lipinski definition) is 4. The summed E-state index contributed by atoms with van der Waals surface area (Å²) in [4.78, 5) is 11.9. The molecule has 1 aliphatic heterocycles. The van der Waals surface area contributed by atoms with Gasteiger partial charge in [0.25, 0.3) is 0 Å². The number of sulfonamides is 1. The van der Waals surface area contributed by atoms with Crippen molar-refractivity contribution in [1.29, 1.82) is 0 Å². The van der Waals surface area contributed by atoms with E-state index in [2.05, 4.69) is 15.4 Å². The Balaban J connectivity index is 1.84. The molecule has 0 spiro atoms. The third kappa shape index (κ3) is 3.45. The second-order valence-corrected chi connectivity index (χ2v) is 6.42. The molecule has 0 fully saturated rings.